The minimum absolute atomic E-state index is 0.0277. The van der Waals surface area contributed by atoms with E-state index in [0.717, 1.165) is 29.4 Å². The molecule has 0 spiro atoms. The Morgan fingerprint density at radius 2 is 2.09 bits per heavy atom. The molecule has 1 heterocycles. The van der Waals surface area contributed by atoms with E-state index in [0.29, 0.717) is 11.5 Å². The highest BCUT2D eigenvalue weighted by Crippen LogP contribution is 2.40. The van der Waals surface area contributed by atoms with Crippen molar-refractivity contribution in [1.29, 1.82) is 0 Å². The third-order valence-corrected chi connectivity index (χ3v) is 4.48. The number of amides is 1. The van der Waals surface area contributed by atoms with E-state index in [-0.39, 0.29) is 24.5 Å². The lowest BCUT2D eigenvalue weighted by atomic mass is 10.0. The molecule has 0 saturated heterocycles. The van der Waals surface area contributed by atoms with Crippen molar-refractivity contribution in [3.05, 3.63) is 41.6 Å². The number of benzene rings is 1. The summed E-state index contributed by atoms with van der Waals surface area (Å²) in [6.07, 6.45) is 2.31. The summed E-state index contributed by atoms with van der Waals surface area (Å²) in [5.41, 5.74) is 2.58. The summed E-state index contributed by atoms with van der Waals surface area (Å²) in [5, 5.41) is 13.1. The Morgan fingerprint density at radius 3 is 2.77 bits per heavy atom. The van der Waals surface area contributed by atoms with Crippen LogP contribution in [0.4, 0.5) is 0 Å². The molecule has 3 rings (SSSR count). The molecule has 0 bridgehead atoms. The molecule has 2 N–H and O–H groups in total. The van der Waals surface area contributed by atoms with Crippen LogP contribution in [0.1, 0.15) is 48.7 Å². The van der Waals surface area contributed by atoms with Gasteiger partial charge < -0.3 is 10.4 Å². The molecular formula is C18H22N2O2. The Hall–Kier alpha value is -1.94. The number of aliphatic hydroxyl groups is 1. The largest absolute Gasteiger partial charge is 0.396 e. The number of carbonyl (C=O) groups excluding carboxylic acids is 1. The summed E-state index contributed by atoms with van der Waals surface area (Å²) < 4.78 is 0. The molecule has 1 aromatic heterocycles. The number of nitrogens with one attached hydrogen (secondary N) is 1. The third-order valence-electron chi connectivity index (χ3n) is 4.48. The molecule has 1 aromatic carbocycles. The first kappa shape index (κ1) is 15.0. The summed E-state index contributed by atoms with van der Waals surface area (Å²) in [4.78, 5) is 17.4. The lowest BCUT2D eigenvalue weighted by molar-refractivity contribution is 0.0918. The average Bonchev–Trinajstić information content (AvgIpc) is 3.37. The predicted octanol–water partition coefficient (Wildman–Crippen LogP) is 2.86. The second-order valence-electron chi connectivity index (χ2n) is 6.31. The van der Waals surface area contributed by atoms with Crippen molar-refractivity contribution in [3.63, 3.8) is 0 Å². The molecule has 1 aliphatic carbocycles. The fourth-order valence-corrected chi connectivity index (χ4v) is 2.56. The zero-order chi connectivity index (χ0) is 15.7. The van der Waals surface area contributed by atoms with E-state index < -0.39 is 0 Å². The number of hydrogen-bond acceptors (Lipinski definition) is 3. The third kappa shape index (κ3) is 2.97. The van der Waals surface area contributed by atoms with E-state index in [1.54, 1.807) is 0 Å². The van der Waals surface area contributed by atoms with Crippen LogP contribution in [0.15, 0.2) is 30.3 Å². The summed E-state index contributed by atoms with van der Waals surface area (Å²) in [5.74, 6) is 0.443. The van der Waals surface area contributed by atoms with Crippen LogP contribution in [0.3, 0.4) is 0 Å². The first-order chi connectivity index (χ1) is 10.6. The van der Waals surface area contributed by atoms with Crippen molar-refractivity contribution in [2.45, 2.75) is 38.6 Å². The fourth-order valence-electron chi connectivity index (χ4n) is 2.56. The average molecular weight is 298 g/mol. The zero-order valence-electron chi connectivity index (χ0n) is 13.0. The number of nitrogens with zero attached hydrogens (tertiary/aromatic N) is 1. The lowest BCUT2D eigenvalue weighted by Gasteiger charge is -2.20. The Balaban J connectivity index is 1.96. The van der Waals surface area contributed by atoms with E-state index in [4.69, 9.17) is 4.98 Å². The summed E-state index contributed by atoms with van der Waals surface area (Å²) in [6.45, 7) is 3.90. The van der Waals surface area contributed by atoms with Gasteiger partial charge in [-0.2, -0.15) is 0 Å². The van der Waals surface area contributed by atoms with Crippen LogP contribution >= 0.6 is 0 Å². The van der Waals surface area contributed by atoms with Gasteiger partial charge in [-0.3, -0.25) is 9.78 Å². The number of carbonyl (C=O) groups is 1. The van der Waals surface area contributed by atoms with Crippen molar-refractivity contribution in [2.75, 3.05) is 6.61 Å². The second kappa shape index (κ2) is 6.05. The van der Waals surface area contributed by atoms with Gasteiger partial charge in [-0.1, -0.05) is 25.1 Å². The van der Waals surface area contributed by atoms with E-state index in [1.807, 2.05) is 44.2 Å². The normalized spacial score (nSPS) is 17.2. The molecule has 1 fully saturated rings. The first-order valence-corrected chi connectivity index (χ1v) is 7.91. The van der Waals surface area contributed by atoms with E-state index in [2.05, 4.69) is 5.32 Å². The van der Waals surface area contributed by atoms with Gasteiger partial charge in [0.25, 0.3) is 5.91 Å². The molecule has 2 aromatic rings. The van der Waals surface area contributed by atoms with Gasteiger partial charge in [0.15, 0.2) is 0 Å². The maximum Gasteiger partial charge on any atom is 0.252 e. The first-order valence-electron chi connectivity index (χ1n) is 7.91. The van der Waals surface area contributed by atoms with Crippen LogP contribution in [-0.4, -0.2) is 28.6 Å². The maximum absolute atomic E-state index is 12.7. The van der Waals surface area contributed by atoms with Gasteiger partial charge in [-0.25, -0.2) is 0 Å². The molecule has 0 radical (unpaired) electrons. The van der Waals surface area contributed by atoms with Gasteiger partial charge in [0.1, 0.15) is 0 Å². The summed E-state index contributed by atoms with van der Waals surface area (Å²) in [6, 6.07) is 9.63. The Bertz CT molecular complexity index is 695. The van der Waals surface area contributed by atoms with Crippen LogP contribution in [0.2, 0.25) is 0 Å². The standard InChI is InChI=1S/C18H22N2O2/c1-11(10-21)12(2)19-18(22)15-9-17(13-7-8-13)20-16-6-4-3-5-14(15)16/h3-6,9,11-13,21H,7-8,10H2,1-2H3,(H,19,22). The minimum Gasteiger partial charge on any atom is -0.396 e. The quantitative estimate of drug-likeness (QED) is 0.892. The van der Waals surface area contributed by atoms with Crippen molar-refractivity contribution in [3.8, 4) is 0 Å². The molecule has 1 aliphatic rings. The second-order valence-corrected chi connectivity index (χ2v) is 6.31. The SMILES string of the molecule is CC(CO)C(C)NC(=O)c1cc(C2CC2)nc2ccccc12. The highest BCUT2D eigenvalue weighted by molar-refractivity contribution is 6.06. The fraction of sp³-hybridized carbons (Fsp3) is 0.444. The summed E-state index contributed by atoms with van der Waals surface area (Å²) in [7, 11) is 0. The predicted molar refractivity (Wildman–Crippen MR) is 86.9 cm³/mol. The van der Waals surface area contributed by atoms with Crippen LogP contribution in [0.5, 0.6) is 0 Å². The van der Waals surface area contributed by atoms with Crippen LogP contribution < -0.4 is 5.32 Å². The van der Waals surface area contributed by atoms with Crippen LogP contribution in [-0.2, 0) is 0 Å². The lowest BCUT2D eigenvalue weighted by Crippen LogP contribution is -2.38. The summed E-state index contributed by atoms with van der Waals surface area (Å²) >= 11 is 0. The van der Waals surface area contributed by atoms with Crippen molar-refractivity contribution in [2.24, 2.45) is 5.92 Å². The Labute approximate surface area is 130 Å². The van der Waals surface area contributed by atoms with Crippen molar-refractivity contribution < 1.29 is 9.90 Å². The van der Waals surface area contributed by atoms with Gasteiger partial charge >= 0.3 is 0 Å². The minimum atomic E-state index is -0.0895. The van der Waals surface area contributed by atoms with Gasteiger partial charge in [0.05, 0.1) is 11.1 Å². The molecule has 116 valence electrons. The van der Waals surface area contributed by atoms with Gasteiger partial charge in [-0.05, 0) is 37.8 Å². The maximum atomic E-state index is 12.7. The number of aliphatic hydroxyl groups excluding tert-OH is 1. The van der Waals surface area contributed by atoms with E-state index >= 15 is 0 Å². The molecule has 2 unspecified atom stereocenters. The molecule has 0 aliphatic heterocycles. The molecule has 4 heteroatoms. The van der Waals surface area contributed by atoms with Crippen molar-refractivity contribution in [1.82, 2.24) is 10.3 Å². The van der Waals surface area contributed by atoms with Crippen molar-refractivity contribution >= 4 is 16.8 Å². The van der Waals surface area contributed by atoms with Gasteiger partial charge in [0.2, 0.25) is 0 Å². The number of aromatic nitrogens is 1. The number of rotatable bonds is 5. The van der Waals surface area contributed by atoms with Gasteiger partial charge in [-0.15, -0.1) is 0 Å². The number of hydrogen-bond donors (Lipinski definition) is 2. The molecule has 1 saturated carbocycles. The zero-order valence-corrected chi connectivity index (χ0v) is 13.0. The molecule has 22 heavy (non-hydrogen) atoms. The number of para-hydroxylation sites is 1. The monoisotopic (exact) mass is 298 g/mol. The van der Waals surface area contributed by atoms with Crippen LogP contribution in [0, 0.1) is 5.92 Å². The highest BCUT2D eigenvalue weighted by Gasteiger charge is 2.27. The van der Waals surface area contributed by atoms with Gasteiger partial charge in [0, 0.05) is 29.6 Å². The molecule has 2 atom stereocenters. The molecule has 1 amide bonds. The Morgan fingerprint density at radius 1 is 1.36 bits per heavy atom. The number of pyridine rings is 1. The molecule has 4 nitrogen and oxygen atoms in total. The van der Waals surface area contributed by atoms with E-state index in [9.17, 15) is 9.90 Å². The number of fused-ring (bicyclic) bond motifs is 1. The van der Waals surface area contributed by atoms with Crippen LogP contribution in [0.25, 0.3) is 10.9 Å². The topological polar surface area (TPSA) is 62.2 Å². The molecular weight excluding hydrogens is 276 g/mol. The van der Waals surface area contributed by atoms with E-state index in [1.165, 1.54) is 0 Å². The highest BCUT2D eigenvalue weighted by atomic mass is 16.3. The Kier molecular flexibility index (Phi) is 4.12. The smallest absolute Gasteiger partial charge is 0.252 e.